The number of aromatic nitrogens is 1. The van der Waals surface area contributed by atoms with Gasteiger partial charge in [-0.2, -0.15) is 0 Å². The Morgan fingerprint density at radius 1 is 1.15 bits per heavy atom. The smallest absolute Gasteiger partial charge is 0.407 e. The second-order valence-corrected chi connectivity index (χ2v) is 6.81. The summed E-state index contributed by atoms with van der Waals surface area (Å²) in [6, 6.07) is 17.6. The number of carbonyl (C=O) groups is 1. The van der Waals surface area contributed by atoms with Crippen LogP contribution in [0.15, 0.2) is 54.6 Å². The molecule has 1 aliphatic heterocycles. The number of benzene rings is 2. The number of para-hydroxylation sites is 1. The SMILES string of the molecule is O=C(NC[C@@H]1N[C@H](CO)Cc2c1[nH]c1ccccc21)OCc1ccccc1. The number of nitrogens with one attached hydrogen (secondary N) is 3. The third kappa shape index (κ3) is 3.82. The van der Waals surface area contributed by atoms with Crippen molar-refractivity contribution in [3.63, 3.8) is 0 Å². The van der Waals surface area contributed by atoms with Crippen LogP contribution in [0, 0.1) is 0 Å². The molecule has 0 fully saturated rings. The van der Waals surface area contributed by atoms with Gasteiger partial charge in [0.1, 0.15) is 6.61 Å². The summed E-state index contributed by atoms with van der Waals surface area (Å²) in [5, 5.41) is 17.0. The molecule has 0 bridgehead atoms. The minimum atomic E-state index is -0.454. The number of amides is 1. The molecule has 140 valence electrons. The molecular weight excluding hydrogens is 342 g/mol. The van der Waals surface area contributed by atoms with Crippen molar-refractivity contribution in [3.8, 4) is 0 Å². The van der Waals surface area contributed by atoms with Gasteiger partial charge in [-0.25, -0.2) is 4.79 Å². The molecule has 6 nitrogen and oxygen atoms in total. The Morgan fingerprint density at radius 3 is 2.74 bits per heavy atom. The maximum absolute atomic E-state index is 12.1. The topological polar surface area (TPSA) is 86.4 Å². The molecule has 0 spiro atoms. The van der Waals surface area contributed by atoms with Crippen molar-refractivity contribution in [2.45, 2.75) is 25.1 Å². The molecule has 27 heavy (non-hydrogen) atoms. The number of fused-ring (bicyclic) bond motifs is 3. The van der Waals surface area contributed by atoms with E-state index in [0.29, 0.717) is 6.54 Å². The minimum Gasteiger partial charge on any atom is -0.445 e. The van der Waals surface area contributed by atoms with Crippen LogP contribution in [0.4, 0.5) is 4.79 Å². The highest BCUT2D eigenvalue weighted by atomic mass is 16.5. The zero-order valence-electron chi connectivity index (χ0n) is 14.9. The number of hydrogen-bond acceptors (Lipinski definition) is 4. The van der Waals surface area contributed by atoms with E-state index in [2.05, 4.69) is 21.7 Å². The average Bonchev–Trinajstić information content (AvgIpc) is 3.10. The first-order valence-electron chi connectivity index (χ1n) is 9.15. The Morgan fingerprint density at radius 2 is 1.93 bits per heavy atom. The van der Waals surface area contributed by atoms with Crippen LogP contribution in [-0.2, 0) is 17.8 Å². The number of alkyl carbamates (subject to hydrolysis) is 1. The van der Waals surface area contributed by atoms with E-state index in [-0.39, 0.29) is 25.3 Å². The molecule has 2 atom stereocenters. The maximum Gasteiger partial charge on any atom is 0.407 e. The molecule has 0 aliphatic carbocycles. The van der Waals surface area contributed by atoms with Crippen LogP contribution in [0.3, 0.4) is 0 Å². The van der Waals surface area contributed by atoms with E-state index >= 15 is 0 Å². The lowest BCUT2D eigenvalue weighted by Crippen LogP contribution is -2.46. The monoisotopic (exact) mass is 365 g/mol. The highest BCUT2D eigenvalue weighted by molar-refractivity contribution is 5.85. The number of carbonyl (C=O) groups excluding carboxylic acids is 1. The third-order valence-corrected chi connectivity index (χ3v) is 4.97. The second-order valence-electron chi connectivity index (χ2n) is 6.81. The van der Waals surface area contributed by atoms with E-state index in [4.69, 9.17) is 4.74 Å². The van der Waals surface area contributed by atoms with Gasteiger partial charge in [0.05, 0.1) is 12.6 Å². The number of hydrogen-bond donors (Lipinski definition) is 4. The molecule has 0 unspecified atom stereocenters. The van der Waals surface area contributed by atoms with Gasteiger partial charge in [-0.3, -0.25) is 0 Å². The highest BCUT2D eigenvalue weighted by Crippen LogP contribution is 2.31. The molecule has 1 aromatic heterocycles. The van der Waals surface area contributed by atoms with Crippen LogP contribution < -0.4 is 10.6 Å². The molecule has 2 aromatic carbocycles. The molecule has 3 aromatic rings. The van der Waals surface area contributed by atoms with Gasteiger partial charge in [0.15, 0.2) is 0 Å². The Bertz CT molecular complexity index is 923. The molecule has 0 radical (unpaired) electrons. The lowest BCUT2D eigenvalue weighted by Gasteiger charge is -2.30. The summed E-state index contributed by atoms with van der Waals surface area (Å²) in [6.07, 6.45) is 0.301. The van der Waals surface area contributed by atoms with E-state index < -0.39 is 6.09 Å². The Balaban J connectivity index is 1.43. The molecule has 0 saturated carbocycles. The summed E-state index contributed by atoms with van der Waals surface area (Å²) in [6.45, 7) is 0.666. The number of ether oxygens (including phenoxy) is 1. The zero-order valence-corrected chi connectivity index (χ0v) is 14.9. The zero-order chi connectivity index (χ0) is 18.6. The molecular formula is C21H23N3O3. The van der Waals surface area contributed by atoms with E-state index in [9.17, 15) is 9.90 Å². The Hall–Kier alpha value is -2.83. The van der Waals surface area contributed by atoms with Crippen LogP contribution in [0.25, 0.3) is 10.9 Å². The van der Waals surface area contributed by atoms with Crippen molar-refractivity contribution in [2.75, 3.05) is 13.2 Å². The predicted molar refractivity (Wildman–Crippen MR) is 103 cm³/mol. The second kappa shape index (κ2) is 7.82. The van der Waals surface area contributed by atoms with Crippen LogP contribution in [0.2, 0.25) is 0 Å². The van der Waals surface area contributed by atoms with Gasteiger partial charge in [-0.1, -0.05) is 48.5 Å². The lowest BCUT2D eigenvalue weighted by molar-refractivity contribution is 0.137. The van der Waals surface area contributed by atoms with Gasteiger partial charge >= 0.3 is 6.09 Å². The van der Waals surface area contributed by atoms with Crippen molar-refractivity contribution in [1.29, 1.82) is 0 Å². The van der Waals surface area contributed by atoms with Crippen molar-refractivity contribution in [1.82, 2.24) is 15.6 Å². The van der Waals surface area contributed by atoms with Crippen LogP contribution in [-0.4, -0.2) is 35.4 Å². The lowest BCUT2D eigenvalue weighted by atomic mass is 9.94. The molecule has 4 N–H and O–H groups in total. The summed E-state index contributed by atoms with van der Waals surface area (Å²) in [4.78, 5) is 15.5. The van der Waals surface area contributed by atoms with Gasteiger partial charge in [0.2, 0.25) is 0 Å². The first-order valence-corrected chi connectivity index (χ1v) is 9.15. The molecule has 2 heterocycles. The number of aliphatic hydroxyl groups is 1. The quantitative estimate of drug-likeness (QED) is 0.560. The maximum atomic E-state index is 12.1. The average molecular weight is 365 g/mol. The van der Waals surface area contributed by atoms with Crippen molar-refractivity contribution < 1.29 is 14.6 Å². The van der Waals surface area contributed by atoms with Crippen molar-refractivity contribution >= 4 is 17.0 Å². The minimum absolute atomic E-state index is 0.0381. The Labute approximate surface area is 157 Å². The van der Waals surface area contributed by atoms with Gasteiger partial charge in [-0.05, 0) is 23.6 Å². The molecule has 6 heteroatoms. The number of H-pyrrole nitrogens is 1. The van der Waals surface area contributed by atoms with Crippen molar-refractivity contribution in [2.24, 2.45) is 0 Å². The van der Waals surface area contributed by atoms with E-state index in [1.54, 1.807) is 0 Å². The van der Waals surface area contributed by atoms with Gasteiger partial charge in [-0.15, -0.1) is 0 Å². The Kier molecular flexibility index (Phi) is 5.09. The molecule has 1 amide bonds. The van der Waals surface area contributed by atoms with Gasteiger partial charge in [0, 0.05) is 29.2 Å². The van der Waals surface area contributed by atoms with E-state index in [1.807, 2.05) is 48.5 Å². The number of aliphatic hydroxyl groups excluding tert-OH is 1. The van der Waals surface area contributed by atoms with E-state index in [0.717, 1.165) is 23.2 Å². The summed E-state index contributed by atoms with van der Waals surface area (Å²) < 4.78 is 5.28. The first-order chi connectivity index (χ1) is 13.2. The van der Waals surface area contributed by atoms with Crippen LogP contribution in [0.1, 0.15) is 22.9 Å². The predicted octanol–water partition coefficient (Wildman–Crippen LogP) is 2.64. The fraction of sp³-hybridized carbons (Fsp3) is 0.286. The number of rotatable bonds is 5. The molecule has 0 saturated heterocycles. The summed E-state index contributed by atoms with van der Waals surface area (Å²) in [5.41, 5.74) is 4.28. The highest BCUT2D eigenvalue weighted by Gasteiger charge is 2.29. The molecule has 4 rings (SSSR count). The summed E-state index contributed by atoms with van der Waals surface area (Å²) in [5.74, 6) is 0. The fourth-order valence-corrected chi connectivity index (χ4v) is 3.65. The third-order valence-electron chi connectivity index (χ3n) is 4.97. The normalized spacial score (nSPS) is 18.9. The largest absolute Gasteiger partial charge is 0.445 e. The molecule has 1 aliphatic rings. The van der Waals surface area contributed by atoms with E-state index in [1.165, 1.54) is 10.9 Å². The van der Waals surface area contributed by atoms with Gasteiger partial charge < -0.3 is 25.5 Å². The van der Waals surface area contributed by atoms with Gasteiger partial charge in [0.25, 0.3) is 0 Å². The standard InChI is InChI=1S/C21H23N3O3/c25-12-15-10-17-16-8-4-5-9-18(16)24-20(17)19(23-15)11-22-21(26)27-13-14-6-2-1-3-7-14/h1-9,15,19,23-25H,10-13H2,(H,22,26)/t15-,19-/m0/s1. The van der Waals surface area contributed by atoms with Crippen LogP contribution in [0.5, 0.6) is 0 Å². The fourth-order valence-electron chi connectivity index (χ4n) is 3.65. The summed E-state index contributed by atoms with van der Waals surface area (Å²) >= 11 is 0. The van der Waals surface area contributed by atoms with Crippen molar-refractivity contribution in [3.05, 3.63) is 71.4 Å². The first kappa shape index (κ1) is 17.6. The van der Waals surface area contributed by atoms with Crippen LogP contribution >= 0.6 is 0 Å². The summed E-state index contributed by atoms with van der Waals surface area (Å²) in [7, 11) is 0. The number of aromatic amines is 1.